The predicted molar refractivity (Wildman–Crippen MR) is 129 cm³/mol. The van der Waals surface area contributed by atoms with Crippen molar-refractivity contribution in [2.24, 2.45) is 0 Å². The molecule has 2 aromatic rings. The molecule has 0 radical (unpaired) electrons. The summed E-state index contributed by atoms with van der Waals surface area (Å²) in [5.74, 6) is 2.48. The van der Waals surface area contributed by atoms with Crippen LogP contribution in [0, 0.1) is 12.3 Å². The molecule has 0 saturated carbocycles. The number of carbonyl (C=O) groups is 3. The maximum atomic E-state index is 13.1. The molecule has 0 aliphatic carbocycles. The van der Waals surface area contributed by atoms with Crippen LogP contribution in [-0.2, 0) is 16.1 Å². The number of halogens is 1. The molecule has 0 atom stereocenters. The highest BCUT2D eigenvalue weighted by Crippen LogP contribution is 2.30. The molecule has 2 aromatic carbocycles. The quantitative estimate of drug-likeness (QED) is 0.302. The Kier molecular flexibility index (Phi) is 8.33. The summed E-state index contributed by atoms with van der Waals surface area (Å²) in [5, 5.41) is 2.22. The van der Waals surface area contributed by atoms with Gasteiger partial charge in [-0.1, -0.05) is 25.0 Å². The third-order valence-electron chi connectivity index (χ3n) is 4.79. The van der Waals surface area contributed by atoms with Gasteiger partial charge in [-0.05, 0) is 63.8 Å². The summed E-state index contributed by atoms with van der Waals surface area (Å²) in [6.45, 7) is 2.58. The van der Waals surface area contributed by atoms with Crippen LogP contribution in [0.2, 0.25) is 0 Å². The second-order valence-corrected chi connectivity index (χ2v) is 8.08. The maximum Gasteiger partial charge on any atom is 0.331 e. The molecule has 1 aliphatic rings. The molecule has 1 fully saturated rings. The van der Waals surface area contributed by atoms with E-state index < -0.39 is 17.8 Å². The molecule has 1 saturated heterocycles. The molecule has 1 heterocycles. The van der Waals surface area contributed by atoms with Crippen LogP contribution in [0.1, 0.15) is 24.5 Å². The molecule has 0 bridgehead atoms. The molecular formula is C25H23BrN2O6. The molecule has 1 N–H and O–H groups in total. The lowest BCUT2D eigenvalue weighted by Crippen LogP contribution is -2.53. The highest BCUT2D eigenvalue weighted by Gasteiger charge is 2.35. The summed E-state index contributed by atoms with van der Waals surface area (Å²) in [6, 6.07) is 9.37. The van der Waals surface area contributed by atoms with Gasteiger partial charge in [0.05, 0.1) is 24.7 Å². The number of nitrogens with one attached hydrogen (secondary N) is 1. The number of imide groups is 2. The average Bonchev–Trinajstić information content (AvgIpc) is 2.82. The summed E-state index contributed by atoms with van der Waals surface area (Å²) in [5.41, 5.74) is 1.03. The lowest BCUT2D eigenvalue weighted by atomic mass is 10.1. The molecule has 3 rings (SSSR count). The van der Waals surface area contributed by atoms with Crippen molar-refractivity contribution in [3.63, 3.8) is 0 Å². The Balaban J connectivity index is 1.84. The Morgan fingerprint density at radius 2 is 1.85 bits per heavy atom. The lowest BCUT2D eigenvalue weighted by molar-refractivity contribution is -0.130. The van der Waals surface area contributed by atoms with Gasteiger partial charge in [-0.15, -0.1) is 6.42 Å². The highest BCUT2D eigenvalue weighted by atomic mass is 79.9. The number of amides is 4. The topological polar surface area (TPSA) is 94.2 Å². The van der Waals surface area contributed by atoms with Crippen molar-refractivity contribution < 1.29 is 28.6 Å². The van der Waals surface area contributed by atoms with E-state index in [2.05, 4.69) is 27.2 Å². The van der Waals surface area contributed by atoms with Crippen LogP contribution in [0.15, 0.2) is 46.4 Å². The van der Waals surface area contributed by atoms with Crippen LogP contribution >= 0.6 is 15.9 Å². The Hall–Kier alpha value is -3.77. The second-order valence-electron chi connectivity index (χ2n) is 7.22. The van der Waals surface area contributed by atoms with E-state index in [1.54, 1.807) is 36.4 Å². The first-order chi connectivity index (χ1) is 16.4. The fraction of sp³-hybridized carbons (Fsp3) is 0.240. The SMILES string of the molecule is C#CCOc1ccc(/C=C2\C(=O)NC(=O)N(Cc3ccc(OCCC)c(OC)c3)C2=O)cc1Br. The van der Waals surface area contributed by atoms with Crippen LogP contribution in [0.25, 0.3) is 6.08 Å². The van der Waals surface area contributed by atoms with E-state index >= 15 is 0 Å². The average molecular weight is 527 g/mol. The van der Waals surface area contributed by atoms with Gasteiger partial charge >= 0.3 is 6.03 Å². The van der Waals surface area contributed by atoms with Gasteiger partial charge in [-0.25, -0.2) is 4.79 Å². The molecule has 1 aliphatic heterocycles. The van der Waals surface area contributed by atoms with Crippen molar-refractivity contribution in [2.45, 2.75) is 19.9 Å². The summed E-state index contributed by atoms with van der Waals surface area (Å²) in [4.78, 5) is 38.9. The van der Waals surface area contributed by atoms with Crippen molar-refractivity contribution in [1.82, 2.24) is 10.2 Å². The van der Waals surface area contributed by atoms with Gasteiger partial charge in [0.25, 0.3) is 11.8 Å². The normalized spacial score (nSPS) is 14.6. The van der Waals surface area contributed by atoms with Crippen molar-refractivity contribution in [1.29, 1.82) is 0 Å². The van der Waals surface area contributed by atoms with Gasteiger partial charge < -0.3 is 14.2 Å². The number of barbiturate groups is 1. The van der Waals surface area contributed by atoms with Gasteiger partial charge in [0.2, 0.25) is 0 Å². The Bertz CT molecular complexity index is 1180. The van der Waals surface area contributed by atoms with Gasteiger partial charge in [0, 0.05) is 0 Å². The Labute approximate surface area is 206 Å². The van der Waals surface area contributed by atoms with Gasteiger partial charge in [0.1, 0.15) is 17.9 Å². The summed E-state index contributed by atoms with van der Waals surface area (Å²) < 4.78 is 17.0. The van der Waals surface area contributed by atoms with Gasteiger partial charge in [0.15, 0.2) is 11.5 Å². The molecule has 34 heavy (non-hydrogen) atoms. The smallest absolute Gasteiger partial charge is 0.331 e. The fourth-order valence-electron chi connectivity index (χ4n) is 3.17. The molecule has 4 amide bonds. The predicted octanol–water partition coefficient (Wildman–Crippen LogP) is 3.92. The number of urea groups is 1. The molecule has 0 aromatic heterocycles. The van der Waals surface area contributed by atoms with Crippen molar-refractivity contribution in [3.8, 4) is 29.6 Å². The van der Waals surface area contributed by atoms with Crippen LogP contribution in [0.4, 0.5) is 4.79 Å². The highest BCUT2D eigenvalue weighted by molar-refractivity contribution is 9.10. The van der Waals surface area contributed by atoms with E-state index in [1.807, 2.05) is 6.92 Å². The van der Waals surface area contributed by atoms with Crippen molar-refractivity contribution >= 4 is 39.9 Å². The first-order valence-corrected chi connectivity index (χ1v) is 11.2. The molecule has 0 unspecified atom stereocenters. The third-order valence-corrected chi connectivity index (χ3v) is 5.41. The van der Waals surface area contributed by atoms with Crippen LogP contribution in [-0.4, -0.2) is 43.1 Å². The number of rotatable bonds is 9. The maximum absolute atomic E-state index is 13.1. The zero-order valence-electron chi connectivity index (χ0n) is 18.7. The van der Waals surface area contributed by atoms with Crippen LogP contribution in [0.3, 0.4) is 0 Å². The van der Waals surface area contributed by atoms with Crippen molar-refractivity contribution in [3.05, 3.63) is 57.6 Å². The molecule has 9 heteroatoms. The van der Waals surface area contributed by atoms with E-state index in [4.69, 9.17) is 20.6 Å². The second kappa shape index (κ2) is 11.4. The summed E-state index contributed by atoms with van der Waals surface area (Å²) >= 11 is 3.38. The zero-order valence-corrected chi connectivity index (χ0v) is 20.3. The zero-order chi connectivity index (χ0) is 24.7. The Morgan fingerprint density at radius 3 is 2.53 bits per heavy atom. The number of hydrogen-bond donors (Lipinski definition) is 1. The van der Waals surface area contributed by atoms with Crippen LogP contribution < -0.4 is 19.5 Å². The minimum absolute atomic E-state index is 0.0533. The van der Waals surface area contributed by atoms with E-state index in [1.165, 1.54) is 13.2 Å². The number of terminal acetylenes is 1. The minimum atomic E-state index is -0.795. The number of hydrogen-bond acceptors (Lipinski definition) is 6. The van der Waals surface area contributed by atoms with Gasteiger partial charge in [-0.3, -0.25) is 19.8 Å². The van der Waals surface area contributed by atoms with Crippen molar-refractivity contribution in [2.75, 3.05) is 20.3 Å². The first kappa shape index (κ1) is 24.9. The third kappa shape index (κ3) is 5.77. The number of nitrogens with zero attached hydrogens (tertiary/aromatic N) is 1. The number of ether oxygens (including phenoxy) is 3. The summed E-state index contributed by atoms with van der Waals surface area (Å²) in [6.07, 6.45) is 7.46. The molecular weight excluding hydrogens is 504 g/mol. The minimum Gasteiger partial charge on any atom is -0.493 e. The fourth-order valence-corrected chi connectivity index (χ4v) is 3.68. The lowest BCUT2D eigenvalue weighted by Gasteiger charge is -2.26. The monoisotopic (exact) mass is 526 g/mol. The van der Waals surface area contributed by atoms with Gasteiger partial charge in [-0.2, -0.15) is 0 Å². The number of carbonyl (C=O) groups excluding carboxylic acids is 3. The first-order valence-electron chi connectivity index (χ1n) is 10.4. The standard InChI is InChI=1S/C25H23BrN2O6/c1-4-10-33-20-8-6-16(13-19(20)26)12-18-23(29)27-25(31)28(24(18)30)15-17-7-9-21(34-11-5-2)22(14-17)32-3/h1,6-9,12-14H,5,10-11,15H2,2-3H3,(H,27,29,31)/b18-12+. The van der Waals surface area contributed by atoms with E-state index in [0.717, 1.165) is 11.3 Å². The largest absolute Gasteiger partial charge is 0.493 e. The number of methoxy groups -OCH3 is 1. The van der Waals surface area contributed by atoms with E-state index in [0.29, 0.717) is 39.5 Å². The molecule has 176 valence electrons. The molecule has 0 spiro atoms. The number of benzene rings is 2. The molecule has 8 nitrogen and oxygen atoms in total. The van der Waals surface area contributed by atoms with E-state index in [9.17, 15) is 14.4 Å². The summed E-state index contributed by atoms with van der Waals surface area (Å²) in [7, 11) is 1.51. The van der Waals surface area contributed by atoms with E-state index in [-0.39, 0.29) is 18.7 Å². The Morgan fingerprint density at radius 1 is 1.09 bits per heavy atom. The van der Waals surface area contributed by atoms with Crippen LogP contribution in [0.5, 0.6) is 17.2 Å².